The molecule has 0 bridgehead atoms. The predicted molar refractivity (Wildman–Crippen MR) is 199 cm³/mol. The monoisotopic (exact) mass is 719 g/mol. The lowest BCUT2D eigenvalue weighted by Crippen LogP contribution is -2.63. The Bertz CT molecular complexity index is 1840. The molecule has 4 aromatic rings. The number of rotatable bonds is 14. The summed E-state index contributed by atoms with van der Waals surface area (Å²) in [4.78, 5) is 58.2. The van der Waals surface area contributed by atoms with Crippen molar-refractivity contribution in [2.24, 2.45) is 0 Å². The van der Waals surface area contributed by atoms with Gasteiger partial charge in [0.15, 0.2) is 0 Å². The van der Waals surface area contributed by atoms with E-state index in [2.05, 4.69) is 16.0 Å². The molecule has 276 valence electrons. The Hall–Kier alpha value is -5.55. The molecule has 0 aliphatic carbocycles. The number of carbonyl (C=O) groups is 4. The molecule has 1 saturated heterocycles. The molecular weight excluding hydrogens is 673 g/mol. The zero-order chi connectivity index (χ0) is 37.0. The van der Waals surface area contributed by atoms with Crippen LogP contribution in [0.2, 0.25) is 0 Å². The standard InChI is InChI=1S/C42H46FN5O5/c43-35-19-17-31(18-20-35)26-37(46-39(49)36-27-33-14-7-8-15-34(33)28-45-36)40(50)48-25-24-47(23-21-30-10-3-1-4-11-30)41(51)38(48)16-9-22-44-42(52)53-29-32-12-5-2-6-13-32/h1-8,10-15,17-20,36-38,45H,9,16,21-29H2,(H,44,52)(H,46,49). The molecule has 0 saturated carbocycles. The van der Waals surface area contributed by atoms with Gasteiger partial charge < -0.3 is 30.5 Å². The van der Waals surface area contributed by atoms with Crippen molar-refractivity contribution in [3.05, 3.63) is 143 Å². The molecular formula is C42H46FN5O5. The number of hydrogen-bond acceptors (Lipinski definition) is 6. The van der Waals surface area contributed by atoms with E-state index in [0.717, 1.165) is 22.3 Å². The van der Waals surface area contributed by atoms with Gasteiger partial charge in [-0.2, -0.15) is 0 Å². The molecule has 0 spiro atoms. The molecule has 2 aliphatic rings. The number of benzene rings is 4. The molecule has 11 heteroatoms. The number of hydrogen-bond donors (Lipinski definition) is 3. The molecule has 1 fully saturated rings. The average molecular weight is 720 g/mol. The van der Waals surface area contributed by atoms with Crippen LogP contribution in [-0.4, -0.2) is 77.9 Å². The van der Waals surface area contributed by atoms with Crippen molar-refractivity contribution in [1.29, 1.82) is 0 Å². The van der Waals surface area contributed by atoms with E-state index < -0.39 is 30.0 Å². The minimum absolute atomic E-state index is 0.123. The van der Waals surface area contributed by atoms with Crippen LogP contribution in [0.15, 0.2) is 109 Å². The predicted octanol–water partition coefficient (Wildman–Crippen LogP) is 4.56. The fourth-order valence-electron chi connectivity index (χ4n) is 6.94. The van der Waals surface area contributed by atoms with E-state index in [1.54, 1.807) is 21.9 Å². The smallest absolute Gasteiger partial charge is 0.407 e. The first-order valence-corrected chi connectivity index (χ1v) is 18.3. The van der Waals surface area contributed by atoms with Crippen molar-refractivity contribution in [2.75, 3.05) is 26.2 Å². The lowest BCUT2D eigenvalue weighted by atomic mass is 9.95. The van der Waals surface area contributed by atoms with Crippen molar-refractivity contribution in [1.82, 2.24) is 25.8 Å². The van der Waals surface area contributed by atoms with Crippen LogP contribution in [0.4, 0.5) is 9.18 Å². The molecule has 10 nitrogen and oxygen atoms in total. The number of nitrogens with zero attached hydrogens (tertiary/aromatic N) is 2. The van der Waals surface area contributed by atoms with Crippen molar-refractivity contribution in [3.8, 4) is 0 Å². The summed E-state index contributed by atoms with van der Waals surface area (Å²) in [6, 6.07) is 30.7. The second kappa shape index (κ2) is 18.3. The van der Waals surface area contributed by atoms with Crippen LogP contribution in [0.5, 0.6) is 0 Å². The fourth-order valence-corrected chi connectivity index (χ4v) is 6.94. The van der Waals surface area contributed by atoms with Gasteiger partial charge in [-0.25, -0.2) is 9.18 Å². The summed E-state index contributed by atoms with van der Waals surface area (Å²) >= 11 is 0. The van der Waals surface area contributed by atoms with E-state index >= 15 is 0 Å². The van der Waals surface area contributed by atoms with Gasteiger partial charge in [0.1, 0.15) is 24.5 Å². The molecule has 2 aliphatic heterocycles. The lowest BCUT2D eigenvalue weighted by Gasteiger charge is -2.42. The van der Waals surface area contributed by atoms with E-state index in [4.69, 9.17) is 4.74 Å². The van der Waals surface area contributed by atoms with Gasteiger partial charge in [0.25, 0.3) is 0 Å². The molecule has 53 heavy (non-hydrogen) atoms. The van der Waals surface area contributed by atoms with Crippen molar-refractivity contribution < 1.29 is 28.3 Å². The minimum atomic E-state index is -0.996. The van der Waals surface area contributed by atoms with Crippen LogP contribution in [0.25, 0.3) is 0 Å². The minimum Gasteiger partial charge on any atom is -0.445 e. The highest BCUT2D eigenvalue weighted by Crippen LogP contribution is 2.21. The van der Waals surface area contributed by atoms with Gasteiger partial charge in [0.05, 0.1) is 6.04 Å². The summed E-state index contributed by atoms with van der Waals surface area (Å²) in [5.74, 6) is -1.28. The van der Waals surface area contributed by atoms with Crippen LogP contribution in [-0.2, 0) is 51.5 Å². The lowest BCUT2D eigenvalue weighted by molar-refractivity contribution is -0.153. The maximum Gasteiger partial charge on any atom is 0.407 e. The zero-order valence-electron chi connectivity index (χ0n) is 29.7. The zero-order valence-corrected chi connectivity index (χ0v) is 29.7. The van der Waals surface area contributed by atoms with Gasteiger partial charge >= 0.3 is 6.09 Å². The van der Waals surface area contributed by atoms with Gasteiger partial charge in [-0.15, -0.1) is 0 Å². The van der Waals surface area contributed by atoms with E-state index in [-0.39, 0.29) is 43.8 Å². The summed E-state index contributed by atoms with van der Waals surface area (Å²) in [6.07, 6.45) is 1.40. The SMILES string of the molecule is O=C(NCCCC1C(=O)N(CCc2ccccc2)CCN1C(=O)C(Cc1ccc(F)cc1)NC(=O)C1Cc2ccccc2CN1)OCc1ccccc1. The Morgan fingerprint density at radius 1 is 0.830 bits per heavy atom. The van der Waals surface area contributed by atoms with Crippen LogP contribution in [0.3, 0.4) is 0 Å². The molecule has 2 heterocycles. The third-order valence-corrected chi connectivity index (χ3v) is 9.88. The Kier molecular flexibility index (Phi) is 12.8. The van der Waals surface area contributed by atoms with Crippen LogP contribution < -0.4 is 16.0 Å². The Labute approximate surface area is 309 Å². The molecule has 3 N–H and O–H groups in total. The normalized spacial score (nSPS) is 17.4. The molecule has 6 rings (SSSR count). The average Bonchev–Trinajstić information content (AvgIpc) is 3.19. The highest BCUT2D eigenvalue weighted by atomic mass is 19.1. The molecule has 3 unspecified atom stereocenters. The van der Waals surface area contributed by atoms with Crippen LogP contribution >= 0.6 is 0 Å². The van der Waals surface area contributed by atoms with Crippen molar-refractivity contribution >= 4 is 23.8 Å². The largest absolute Gasteiger partial charge is 0.445 e. The summed E-state index contributed by atoms with van der Waals surface area (Å²) in [5.41, 5.74) is 4.85. The Morgan fingerprint density at radius 2 is 1.51 bits per heavy atom. The number of carbonyl (C=O) groups excluding carboxylic acids is 4. The van der Waals surface area contributed by atoms with E-state index in [0.29, 0.717) is 50.9 Å². The van der Waals surface area contributed by atoms with Crippen molar-refractivity contribution in [2.45, 2.75) is 63.4 Å². The first kappa shape index (κ1) is 37.2. The number of piperazine rings is 1. The van der Waals surface area contributed by atoms with E-state index in [1.165, 1.54) is 12.1 Å². The summed E-state index contributed by atoms with van der Waals surface area (Å²) in [6.45, 7) is 2.03. The summed E-state index contributed by atoms with van der Waals surface area (Å²) in [7, 11) is 0. The summed E-state index contributed by atoms with van der Waals surface area (Å²) < 4.78 is 19.2. The Morgan fingerprint density at radius 3 is 2.25 bits per heavy atom. The van der Waals surface area contributed by atoms with E-state index in [1.807, 2.05) is 84.9 Å². The highest BCUT2D eigenvalue weighted by molar-refractivity contribution is 5.94. The first-order valence-electron chi connectivity index (χ1n) is 18.3. The molecule has 4 amide bonds. The number of halogens is 1. The number of amides is 4. The number of alkyl carbamates (subject to hydrolysis) is 1. The third-order valence-electron chi connectivity index (χ3n) is 9.88. The van der Waals surface area contributed by atoms with Gasteiger partial charge in [-0.05, 0) is 65.6 Å². The highest BCUT2D eigenvalue weighted by Gasteiger charge is 2.40. The molecule has 4 aromatic carbocycles. The van der Waals surface area contributed by atoms with Crippen molar-refractivity contribution in [3.63, 3.8) is 0 Å². The number of nitrogens with one attached hydrogen (secondary N) is 3. The first-order chi connectivity index (χ1) is 25.8. The van der Waals surface area contributed by atoms with Crippen LogP contribution in [0, 0.1) is 5.82 Å². The topological polar surface area (TPSA) is 120 Å². The van der Waals surface area contributed by atoms with Crippen LogP contribution in [0.1, 0.15) is 40.7 Å². The van der Waals surface area contributed by atoms with Gasteiger partial charge in [0, 0.05) is 39.1 Å². The molecule has 0 radical (unpaired) electrons. The number of ether oxygens (including phenoxy) is 1. The van der Waals surface area contributed by atoms with Gasteiger partial charge in [-0.3, -0.25) is 14.4 Å². The fraction of sp³-hybridized carbons (Fsp3) is 0.333. The second-order valence-electron chi connectivity index (χ2n) is 13.5. The van der Waals surface area contributed by atoms with E-state index in [9.17, 15) is 23.6 Å². The van der Waals surface area contributed by atoms with Gasteiger partial charge in [0.2, 0.25) is 17.7 Å². The maximum absolute atomic E-state index is 14.5. The molecule has 0 aromatic heterocycles. The number of fused-ring (bicyclic) bond motifs is 1. The Balaban J connectivity index is 1.15. The third kappa shape index (κ3) is 10.3. The second-order valence-corrected chi connectivity index (χ2v) is 13.5. The quantitative estimate of drug-likeness (QED) is 0.165. The summed E-state index contributed by atoms with van der Waals surface area (Å²) in [5, 5.41) is 9.04. The maximum atomic E-state index is 14.5. The molecule has 3 atom stereocenters. The van der Waals surface area contributed by atoms with Gasteiger partial charge in [-0.1, -0.05) is 97.1 Å².